The summed E-state index contributed by atoms with van der Waals surface area (Å²) >= 11 is 8.79. The van der Waals surface area contributed by atoms with E-state index in [0.29, 0.717) is 29.4 Å². The fraction of sp³-hybridized carbons (Fsp3) is 0.467. The monoisotopic (exact) mass is 400 g/mol. The molecule has 0 aliphatic heterocycles. The molecule has 0 saturated heterocycles. The van der Waals surface area contributed by atoms with Crippen molar-refractivity contribution < 1.29 is 9.47 Å². The van der Waals surface area contributed by atoms with Gasteiger partial charge in [0.15, 0.2) is 17.3 Å². The minimum atomic E-state index is 0.561. The number of aromatic amines is 1. The van der Waals surface area contributed by atoms with Crippen molar-refractivity contribution in [3.63, 3.8) is 0 Å². The average molecular weight is 401 g/mol. The quantitative estimate of drug-likeness (QED) is 0.659. The van der Waals surface area contributed by atoms with Crippen LogP contribution in [0.15, 0.2) is 16.6 Å². The van der Waals surface area contributed by atoms with Crippen LogP contribution in [-0.4, -0.2) is 28.6 Å². The van der Waals surface area contributed by atoms with E-state index in [1.165, 1.54) is 0 Å². The van der Waals surface area contributed by atoms with Gasteiger partial charge in [0.05, 0.1) is 24.7 Å². The van der Waals surface area contributed by atoms with E-state index < -0.39 is 0 Å². The third-order valence-electron chi connectivity index (χ3n) is 3.23. The Kier molecular flexibility index (Phi) is 6.47. The topological polar surface area (TPSA) is 64.1 Å². The number of methoxy groups -OCH3 is 1. The first-order valence-electron chi connectivity index (χ1n) is 7.50. The molecule has 0 radical (unpaired) electrons. The van der Waals surface area contributed by atoms with Gasteiger partial charge in [-0.1, -0.05) is 6.92 Å². The molecule has 2 N–H and O–H groups in total. The highest BCUT2D eigenvalue weighted by Gasteiger charge is 2.12. The highest BCUT2D eigenvalue weighted by Crippen LogP contribution is 2.36. The lowest BCUT2D eigenvalue weighted by atomic mass is 10.2. The molecule has 0 bridgehead atoms. The molecule has 0 saturated carbocycles. The van der Waals surface area contributed by atoms with E-state index >= 15 is 0 Å². The van der Waals surface area contributed by atoms with Crippen LogP contribution in [0.3, 0.4) is 0 Å². The second kappa shape index (κ2) is 8.35. The van der Waals surface area contributed by atoms with Crippen LogP contribution in [-0.2, 0) is 13.0 Å². The summed E-state index contributed by atoms with van der Waals surface area (Å²) in [7, 11) is 1.63. The molecule has 2 aromatic rings. The number of H-pyrrole nitrogens is 1. The van der Waals surface area contributed by atoms with Crippen LogP contribution in [0.4, 0.5) is 0 Å². The van der Waals surface area contributed by atoms with Gasteiger partial charge in [-0.15, -0.1) is 0 Å². The van der Waals surface area contributed by atoms with Crippen LogP contribution in [0.5, 0.6) is 11.5 Å². The SMILES string of the molecule is CCCc1n[nH]c(=S)n1NCc1cc(Br)c(OC)c(OCC)c1. The van der Waals surface area contributed by atoms with E-state index in [0.717, 1.165) is 28.7 Å². The molecule has 2 rings (SSSR count). The number of rotatable bonds is 8. The maximum atomic E-state index is 5.64. The van der Waals surface area contributed by atoms with Crippen LogP contribution >= 0.6 is 28.1 Å². The third-order valence-corrected chi connectivity index (χ3v) is 4.09. The van der Waals surface area contributed by atoms with Gasteiger partial charge in [0.25, 0.3) is 0 Å². The predicted octanol–water partition coefficient (Wildman–Crippen LogP) is 3.81. The molecule has 0 spiro atoms. The first-order valence-corrected chi connectivity index (χ1v) is 8.70. The van der Waals surface area contributed by atoms with Crippen molar-refractivity contribution in [2.24, 2.45) is 0 Å². The first kappa shape index (κ1) is 17.8. The van der Waals surface area contributed by atoms with Gasteiger partial charge < -0.3 is 14.9 Å². The Balaban J connectivity index is 2.21. The number of halogens is 1. The number of hydrogen-bond acceptors (Lipinski definition) is 5. The smallest absolute Gasteiger partial charge is 0.214 e. The van der Waals surface area contributed by atoms with E-state index in [1.54, 1.807) is 7.11 Å². The Morgan fingerprint density at radius 2 is 2.17 bits per heavy atom. The molecular formula is C15H21BrN4O2S. The number of aryl methyl sites for hydroxylation is 1. The van der Waals surface area contributed by atoms with Crippen LogP contribution in [0, 0.1) is 4.77 Å². The minimum Gasteiger partial charge on any atom is -0.492 e. The Bertz CT molecular complexity index is 714. The number of aromatic nitrogens is 3. The molecule has 0 fully saturated rings. The average Bonchev–Trinajstić information content (AvgIpc) is 2.86. The Hall–Kier alpha value is -1.54. The van der Waals surface area contributed by atoms with E-state index in [2.05, 4.69) is 38.5 Å². The lowest BCUT2D eigenvalue weighted by molar-refractivity contribution is 0.309. The largest absolute Gasteiger partial charge is 0.492 e. The lowest BCUT2D eigenvalue weighted by Crippen LogP contribution is -2.17. The third kappa shape index (κ3) is 4.26. The van der Waals surface area contributed by atoms with Crippen molar-refractivity contribution in [1.29, 1.82) is 0 Å². The first-order chi connectivity index (χ1) is 11.1. The molecule has 8 heteroatoms. The molecule has 1 aromatic heterocycles. The van der Waals surface area contributed by atoms with Crippen molar-refractivity contribution >= 4 is 28.1 Å². The van der Waals surface area contributed by atoms with Crippen LogP contribution in [0.1, 0.15) is 31.7 Å². The van der Waals surface area contributed by atoms with E-state index in [4.69, 9.17) is 21.7 Å². The van der Waals surface area contributed by atoms with Gasteiger partial charge in [-0.05, 0) is 59.2 Å². The highest BCUT2D eigenvalue weighted by molar-refractivity contribution is 9.10. The van der Waals surface area contributed by atoms with Gasteiger partial charge >= 0.3 is 0 Å². The maximum Gasteiger partial charge on any atom is 0.214 e. The van der Waals surface area contributed by atoms with E-state index in [1.807, 2.05) is 23.7 Å². The summed E-state index contributed by atoms with van der Waals surface area (Å²) in [5, 5.41) is 7.06. The van der Waals surface area contributed by atoms with Crippen LogP contribution in [0.2, 0.25) is 0 Å². The fourth-order valence-corrected chi connectivity index (χ4v) is 3.11. The normalized spacial score (nSPS) is 10.6. The summed E-state index contributed by atoms with van der Waals surface area (Å²) < 4.78 is 14.3. The molecule has 0 unspecified atom stereocenters. The van der Waals surface area contributed by atoms with Crippen molar-refractivity contribution in [2.45, 2.75) is 33.2 Å². The predicted molar refractivity (Wildman–Crippen MR) is 96.3 cm³/mol. The summed E-state index contributed by atoms with van der Waals surface area (Å²) in [5.74, 6) is 2.31. The lowest BCUT2D eigenvalue weighted by Gasteiger charge is -2.15. The molecule has 0 atom stereocenters. The molecule has 0 aliphatic rings. The van der Waals surface area contributed by atoms with Crippen molar-refractivity contribution in [1.82, 2.24) is 14.9 Å². The molecule has 6 nitrogen and oxygen atoms in total. The number of benzene rings is 1. The highest BCUT2D eigenvalue weighted by atomic mass is 79.9. The second-order valence-corrected chi connectivity index (χ2v) is 6.15. The molecule has 1 heterocycles. The van der Waals surface area contributed by atoms with Crippen molar-refractivity contribution in [2.75, 3.05) is 19.1 Å². The molecule has 126 valence electrons. The number of hydrogen-bond donors (Lipinski definition) is 2. The summed E-state index contributed by atoms with van der Waals surface area (Å²) in [4.78, 5) is 0. The zero-order chi connectivity index (χ0) is 16.8. The van der Waals surface area contributed by atoms with Crippen LogP contribution in [0.25, 0.3) is 0 Å². The standard InChI is InChI=1S/C15H21BrN4O2S/c1-4-6-13-18-19-15(23)20(13)17-9-10-7-11(16)14(21-3)12(8-10)22-5-2/h7-8,17H,4-6,9H2,1-3H3,(H,19,23). The van der Waals surface area contributed by atoms with Gasteiger partial charge in [0.2, 0.25) is 4.77 Å². The van der Waals surface area contributed by atoms with Gasteiger partial charge in [0.1, 0.15) is 0 Å². The summed E-state index contributed by atoms with van der Waals surface area (Å²) in [6.45, 7) is 5.22. The van der Waals surface area contributed by atoms with Crippen LogP contribution < -0.4 is 14.9 Å². The number of nitrogens with one attached hydrogen (secondary N) is 2. The van der Waals surface area contributed by atoms with Gasteiger partial charge in [0, 0.05) is 6.42 Å². The molecule has 23 heavy (non-hydrogen) atoms. The maximum absolute atomic E-state index is 5.64. The summed E-state index contributed by atoms with van der Waals surface area (Å²) in [6, 6.07) is 3.96. The van der Waals surface area contributed by atoms with Gasteiger partial charge in [-0.3, -0.25) is 5.10 Å². The Morgan fingerprint density at radius 3 is 2.83 bits per heavy atom. The summed E-state index contributed by atoms with van der Waals surface area (Å²) in [5.41, 5.74) is 4.35. The molecular weight excluding hydrogens is 380 g/mol. The Labute approximate surface area is 149 Å². The van der Waals surface area contributed by atoms with Crippen molar-refractivity contribution in [3.8, 4) is 11.5 Å². The van der Waals surface area contributed by atoms with Crippen molar-refractivity contribution in [3.05, 3.63) is 32.8 Å². The van der Waals surface area contributed by atoms with Gasteiger partial charge in [-0.2, -0.15) is 5.10 Å². The Morgan fingerprint density at radius 1 is 1.39 bits per heavy atom. The number of ether oxygens (including phenoxy) is 2. The second-order valence-electron chi connectivity index (χ2n) is 4.91. The molecule has 0 amide bonds. The van der Waals surface area contributed by atoms with E-state index in [-0.39, 0.29) is 0 Å². The van der Waals surface area contributed by atoms with E-state index in [9.17, 15) is 0 Å². The fourth-order valence-electron chi connectivity index (χ4n) is 2.24. The van der Waals surface area contributed by atoms with Gasteiger partial charge in [-0.25, -0.2) is 4.68 Å². The minimum absolute atomic E-state index is 0.561. The zero-order valence-electron chi connectivity index (χ0n) is 13.5. The summed E-state index contributed by atoms with van der Waals surface area (Å²) in [6.07, 6.45) is 1.86. The molecule has 0 aliphatic carbocycles. The number of nitrogens with zero attached hydrogens (tertiary/aromatic N) is 2. The molecule has 1 aromatic carbocycles. The zero-order valence-corrected chi connectivity index (χ0v) is 15.9.